The molecule has 1 aromatic heterocycles. The van der Waals surface area contributed by atoms with E-state index in [-0.39, 0.29) is 5.91 Å². The molecular weight excluding hydrogens is 450 g/mol. The standard InChI is InChI=1S/C27H26ClN3OS/c28-24-12-6-4-8-21(24)18-31-19-26(23-11-5-7-13-25(23)31)33-20-27(32)30-16-14-29(15-17-30)22-9-2-1-3-10-22/h1-13,19H,14-18,20H2. The van der Waals surface area contributed by atoms with E-state index in [0.29, 0.717) is 12.3 Å². The summed E-state index contributed by atoms with van der Waals surface area (Å²) in [6.07, 6.45) is 2.15. The molecule has 0 N–H and O–H groups in total. The third-order valence-electron chi connectivity index (χ3n) is 6.16. The number of para-hydroxylation sites is 2. The molecule has 2 heterocycles. The number of aromatic nitrogens is 1. The molecule has 0 unspecified atom stereocenters. The average molecular weight is 476 g/mol. The van der Waals surface area contributed by atoms with Crippen molar-refractivity contribution in [2.24, 2.45) is 0 Å². The molecule has 6 heteroatoms. The number of amides is 1. The van der Waals surface area contributed by atoms with E-state index in [1.54, 1.807) is 11.8 Å². The second kappa shape index (κ2) is 9.94. The van der Waals surface area contributed by atoms with Gasteiger partial charge in [-0.05, 0) is 29.8 Å². The van der Waals surface area contributed by atoms with E-state index < -0.39 is 0 Å². The summed E-state index contributed by atoms with van der Waals surface area (Å²) in [6, 6.07) is 26.7. The largest absolute Gasteiger partial charge is 0.368 e. The van der Waals surface area contributed by atoms with Crippen LogP contribution < -0.4 is 4.90 Å². The zero-order chi connectivity index (χ0) is 22.6. The molecule has 168 valence electrons. The van der Waals surface area contributed by atoms with Gasteiger partial charge in [0.05, 0.1) is 5.75 Å². The first-order valence-corrected chi connectivity index (χ1v) is 12.6. The lowest BCUT2D eigenvalue weighted by Gasteiger charge is -2.36. The van der Waals surface area contributed by atoms with Crippen molar-refractivity contribution in [3.05, 3.63) is 95.6 Å². The van der Waals surface area contributed by atoms with Crippen LogP contribution in [0, 0.1) is 0 Å². The van der Waals surface area contributed by atoms with Gasteiger partial charge in [-0.2, -0.15) is 0 Å². The Balaban J connectivity index is 1.24. The van der Waals surface area contributed by atoms with E-state index in [1.807, 2.05) is 29.2 Å². The van der Waals surface area contributed by atoms with Gasteiger partial charge in [0.1, 0.15) is 0 Å². The molecular formula is C27H26ClN3OS. The fourth-order valence-corrected chi connectivity index (χ4v) is 5.54. The number of anilines is 1. The number of hydrogen-bond donors (Lipinski definition) is 0. The van der Waals surface area contributed by atoms with Gasteiger partial charge in [-0.25, -0.2) is 0 Å². The first-order valence-electron chi connectivity index (χ1n) is 11.2. The highest BCUT2D eigenvalue weighted by Crippen LogP contribution is 2.31. The summed E-state index contributed by atoms with van der Waals surface area (Å²) in [5.41, 5.74) is 3.47. The lowest BCUT2D eigenvalue weighted by atomic mass is 10.2. The van der Waals surface area contributed by atoms with Crippen LogP contribution >= 0.6 is 23.4 Å². The minimum absolute atomic E-state index is 0.204. The van der Waals surface area contributed by atoms with Crippen molar-refractivity contribution in [2.75, 3.05) is 36.8 Å². The van der Waals surface area contributed by atoms with Gasteiger partial charge < -0.3 is 14.4 Å². The predicted molar refractivity (Wildman–Crippen MR) is 138 cm³/mol. The third-order valence-corrected chi connectivity index (χ3v) is 7.55. The summed E-state index contributed by atoms with van der Waals surface area (Å²) in [5, 5.41) is 1.95. The first kappa shape index (κ1) is 21.9. The van der Waals surface area contributed by atoms with Gasteiger partial charge in [-0.15, -0.1) is 11.8 Å². The molecule has 0 radical (unpaired) electrons. The predicted octanol–water partition coefficient (Wildman–Crippen LogP) is 5.78. The smallest absolute Gasteiger partial charge is 0.233 e. The molecule has 0 aliphatic carbocycles. The highest BCUT2D eigenvalue weighted by atomic mass is 35.5. The van der Waals surface area contributed by atoms with Crippen LogP contribution in [0.15, 0.2) is 90.0 Å². The SMILES string of the molecule is O=C(CSc1cn(Cc2ccccc2Cl)c2ccccc12)N1CCN(c2ccccc2)CC1. The molecule has 4 nitrogen and oxygen atoms in total. The van der Waals surface area contributed by atoms with Crippen molar-refractivity contribution < 1.29 is 4.79 Å². The van der Waals surface area contributed by atoms with Crippen LogP contribution in [0.2, 0.25) is 5.02 Å². The van der Waals surface area contributed by atoms with Gasteiger partial charge >= 0.3 is 0 Å². The second-order valence-electron chi connectivity index (χ2n) is 8.22. The average Bonchev–Trinajstić information content (AvgIpc) is 3.22. The minimum Gasteiger partial charge on any atom is -0.368 e. The molecule has 0 atom stereocenters. The number of piperazine rings is 1. The third kappa shape index (κ3) is 4.90. The van der Waals surface area contributed by atoms with Crippen molar-refractivity contribution in [2.45, 2.75) is 11.4 Å². The number of benzene rings is 3. The van der Waals surface area contributed by atoms with Crippen LogP contribution in [0.25, 0.3) is 10.9 Å². The molecule has 0 saturated carbocycles. The Morgan fingerprint density at radius 3 is 2.33 bits per heavy atom. The molecule has 5 rings (SSSR count). The maximum absolute atomic E-state index is 13.0. The number of hydrogen-bond acceptors (Lipinski definition) is 3. The Labute approximate surface area is 203 Å². The highest BCUT2D eigenvalue weighted by molar-refractivity contribution is 8.00. The molecule has 1 saturated heterocycles. The fourth-order valence-electron chi connectivity index (χ4n) is 4.35. The normalized spacial score (nSPS) is 14.1. The molecule has 4 aromatic rings. The first-order chi connectivity index (χ1) is 16.2. The highest BCUT2D eigenvalue weighted by Gasteiger charge is 2.22. The summed E-state index contributed by atoms with van der Waals surface area (Å²) in [7, 11) is 0. The summed E-state index contributed by atoms with van der Waals surface area (Å²) in [6.45, 7) is 3.98. The monoisotopic (exact) mass is 475 g/mol. The van der Waals surface area contributed by atoms with Crippen LogP contribution in [-0.4, -0.2) is 47.3 Å². The molecule has 1 fully saturated rings. The Kier molecular flexibility index (Phi) is 6.60. The van der Waals surface area contributed by atoms with Crippen LogP contribution in [0.5, 0.6) is 0 Å². The van der Waals surface area contributed by atoms with Crippen LogP contribution in [-0.2, 0) is 11.3 Å². The quantitative estimate of drug-likeness (QED) is 0.331. The van der Waals surface area contributed by atoms with Gasteiger partial charge in [-0.1, -0.05) is 66.2 Å². The van der Waals surface area contributed by atoms with Gasteiger partial charge in [0.25, 0.3) is 0 Å². The van der Waals surface area contributed by atoms with Crippen LogP contribution in [0.4, 0.5) is 5.69 Å². The number of thioether (sulfide) groups is 1. The van der Waals surface area contributed by atoms with Gasteiger partial charge in [0.2, 0.25) is 5.91 Å². The van der Waals surface area contributed by atoms with Crippen molar-refractivity contribution in [1.82, 2.24) is 9.47 Å². The van der Waals surface area contributed by atoms with E-state index in [1.165, 1.54) is 11.1 Å². The fraction of sp³-hybridized carbons (Fsp3) is 0.222. The maximum atomic E-state index is 13.0. The van der Waals surface area contributed by atoms with Crippen molar-refractivity contribution >= 4 is 45.9 Å². The maximum Gasteiger partial charge on any atom is 0.233 e. The van der Waals surface area contributed by atoms with Crippen LogP contribution in [0.1, 0.15) is 5.56 Å². The zero-order valence-corrected chi connectivity index (χ0v) is 19.9. The van der Waals surface area contributed by atoms with E-state index in [2.05, 4.69) is 70.3 Å². The van der Waals surface area contributed by atoms with Crippen molar-refractivity contribution in [3.8, 4) is 0 Å². The summed E-state index contributed by atoms with van der Waals surface area (Å²) < 4.78 is 2.22. The summed E-state index contributed by atoms with van der Waals surface area (Å²) >= 11 is 8.02. The number of nitrogens with zero attached hydrogens (tertiary/aromatic N) is 3. The van der Waals surface area contributed by atoms with Gasteiger partial charge in [0.15, 0.2) is 0 Å². The molecule has 3 aromatic carbocycles. The van der Waals surface area contributed by atoms with E-state index >= 15 is 0 Å². The van der Waals surface area contributed by atoms with Crippen LogP contribution in [0.3, 0.4) is 0 Å². The molecule has 1 aliphatic heterocycles. The Hall–Kier alpha value is -2.89. The van der Waals surface area contributed by atoms with Crippen molar-refractivity contribution in [3.63, 3.8) is 0 Å². The number of halogens is 1. The Morgan fingerprint density at radius 2 is 1.55 bits per heavy atom. The second-order valence-corrected chi connectivity index (χ2v) is 9.65. The summed E-state index contributed by atoms with van der Waals surface area (Å²) in [4.78, 5) is 18.4. The van der Waals surface area contributed by atoms with E-state index in [4.69, 9.17) is 11.6 Å². The van der Waals surface area contributed by atoms with Crippen molar-refractivity contribution in [1.29, 1.82) is 0 Å². The molecule has 0 spiro atoms. The zero-order valence-electron chi connectivity index (χ0n) is 18.4. The number of fused-ring (bicyclic) bond motifs is 1. The Morgan fingerprint density at radius 1 is 0.848 bits per heavy atom. The van der Waals surface area contributed by atoms with Gasteiger partial charge in [0, 0.05) is 65.4 Å². The Bertz CT molecular complexity index is 1250. The minimum atomic E-state index is 0.204. The topological polar surface area (TPSA) is 28.5 Å². The lowest BCUT2D eigenvalue weighted by Crippen LogP contribution is -2.49. The molecule has 1 amide bonds. The molecule has 0 bridgehead atoms. The number of carbonyl (C=O) groups is 1. The van der Waals surface area contributed by atoms with E-state index in [0.717, 1.165) is 47.2 Å². The van der Waals surface area contributed by atoms with E-state index in [9.17, 15) is 4.79 Å². The molecule has 1 aliphatic rings. The lowest BCUT2D eigenvalue weighted by molar-refractivity contribution is -0.128. The van der Waals surface area contributed by atoms with Gasteiger partial charge in [-0.3, -0.25) is 4.79 Å². The molecule has 33 heavy (non-hydrogen) atoms. The number of carbonyl (C=O) groups excluding carboxylic acids is 1. The summed E-state index contributed by atoms with van der Waals surface area (Å²) in [5.74, 6) is 0.654. The number of rotatable bonds is 6.